The second-order valence-corrected chi connectivity index (χ2v) is 5.99. The summed E-state index contributed by atoms with van der Waals surface area (Å²) < 4.78 is 7.46. The minimum atomic E-state index is 0.716. The molecule has 0 aromatic carbocycles. The molecule has 0 N–H and O–H groups in total. The summed E-state index contributed by atoms with van der Waals surface area (Å²) in [5.41, 5.74) is 2.02. The average Bonchev–Trinajstić information content (AvgIpc) is 3.04. The van der Waals surface area contributed by atoms with Crippen LogP contribution in [0, 0.1) is 5.92 Å². The Balaban J connectivity index is 1.83. The normalized spacial score (nSPS) is 19.6. The van der Waals surface area contributed by atoms with E-state index in [2.05, 4.69) is 27.6 Å². The SMILES string of the molecule is COCCCn1c(CC2CCN(C)C2)nc2cccnc21. The van der Waals surface area contributed by atoms with Crippen molar-refractivity contribution in [2.24, 2.45) is 5.92 Å². The first-order chi connectivity index (χ1) is 10.3. The van der Waals surface area contributed by atoms with Crippen LogP contribution >= 0.6 is 0 Å². The predicted molar refractivity (Wildman–Crippen MR) is 83.3 cm³/mol. The van der Waals surface area contributed by atoms with Gasteiger partial charge in [0.2, 0.25) is 0 Å². The van der Waals surface area contributed by atoms with Crippen LogP contribution in [-0.4, -0.2) is 53.3 Å². The molecule has 3 heterocycles. The van der Waals surface area contributed by atoms with E-state index in [1.165, 1.54) is 25.3 Å². The van der Waals surface area contributed by atoms with Crippen LogP contribution < -0.4 is 0 Å². The highest BCUT2D eigenvalue weighted by Crippen LogP contribution is 2.22. The van der Waals surface area contributed by atoms with Gasteiger partial charge in [-0.25, -0.2) is 9.97 Å². The van der Waals surface area contributed by atoms with Crippen LogP contribution in [0.25, 0.3) is 11.2 Å². The molecule has 5 heteroatoms. The van der Waals surface area contributed by atoms with Gasteiger partial charge < -0.3 is 14.2 Å². The van der Waals surface area contributed by atoms with Crippen molar-refractivity contribution < 1.29 is 4.74 Å². The van der Waals surface area contributed by atoms with E-state index in [9.17, 15) is 0 Å². The fraction of sp³-hybridized carbons (Fsp3) is 0.625. The maximum absolute atomic E-state index is 5.18. The number of nitrogens with zero attached hydrogens (tertiary/aromatic N) is 4. The fourth-order valence-electron chi connectivity index (χ4n) is 3.21. The summed E-state index contributed by atoms with van der Waals surface area (Å²) in [6.07, 6.45) is 5.17. The second-order valence-electron chi connectivity index (χ2n) is 5.99. The molecule has 2 aromatic rings. The van der Waals surface area contributed by atoms with Crippen LogP contribution in [0.15, 0.2) is 18.3 Å². The molecule has 0 saturated carbocycles. The van der Waals surface area contributed by atoms with Crippen molar-refractivity contribution >= 4 is 11.2 Å². The second kappa shape index (κ2) is 6.54. The van der Waals surface area contributed by atoms with E-state index in [-0.39, 0.29) is 0 Å². The summed E-state index contributed by atoms with van der Waals surface area (Å²) in [5, 5.41) is 0. The Morgan fingerprint density at radius 1 is 1.43 bits per heavy atom. The van der Waals surface area contributed by atoms with Crippen LogP contribution in [0.4, 0.5) is 0 Å². The molecule has 1 unspecified atom stereocenters. The molecular formula is C16H24N4O. The van der Waals surface area contributed by atoms with E-state index in [0.29, 0.717) is 5.92 Å². The molecule has 0 radical (unpaired) electrons. The highest BCUT2D eigenvalue weighted by Gasteiger charge is 2.22. The van der Waals surface area contributed by atoms with Crippen LogP contribution in [0.3, 0.4) is 0 Å². The predicted octanol–water partition coefficient (Wildman–Crippen LogP) is 1.96. The molecule has 1 aliphatic heterocycles. The lowest BCUT2D eigenvalue weighted by molar-refractivity contribution is 0.190. The number of hydrogen-bond acceptors (Lipinski definition) is 4. The largest absolute Gasteiger partial charge is 0.385 e. The van der Waals surface area contributed by atoms with E-state index in [1.54, 1.807) is 7.11 Å². The molecule has 1 fully saturated rings. The van der Waals surface area contributed by atoms with Gasteiger partial charge in [-0.15, -0.1) is 0 Å². The topological polar surface area (TPSA) is 43.2 Å². The van der Waals surface area contributed by atoms with E-state index < -0.39 is 0 Å². The molecular weight excluding hydrogens is 264 g/mol. The lowest BCUT2D eigenvalue weighted by Crippen LogP contribution is -2.17. The first kappa shape index (κ1) is 14.5. The molecule has 0 amide bonds. The number of likely N-dealkylation sites (tertiary alicyclic amines) is 1. The van der Waals surface area contributed by atoms with Gasteiger partial charge in [0.15, 0.2) is 5.65 Å². The zero-order valence-corrected chi connectivity index (χ0v) is 13.0. The van der Waals surface area contributed by atoms with Crippen LogP contribution in [-0.2, 0) is 17.7 Å². The number of fused-ring (bicyclic) bond motifs is 1. The summed E-state index contributed by atoms with van der Waals surface area (Å²) >= 11 is 0. The maximum atomic E-state index is 5.18. The molecule has 1 saturated heterocycles. The average molecular weight is 288 g/mol. The Morgan fingerprint density at radius 3 is 3.10 bits per heavy atom. The van der Waals surface area contributed by atoms with E-state index in [1.807, 2.05) is 12.3 Å². The van der Waals surface area contributed by atoms with Gasteiger partial charge >= 0.3 is 0 Å². The number of aromatic nitrogens is 3. The summed E-state index contributed by atoms with van der Waals surface area (Å²) in [5.74, 6) is 1.90. The number of aryl methyl sites for hydroxylation is 1. The monoisotopic (exact) mass is 288 g/mol. The number of methoxy groups -OCH3 is 1. The van der Waals surface area contributed by atoms with Crippen molar-refractivity contribution in [3.05, 3.63) is 24.2 Å². The fourth-order valence-corrected chi connectivity index (χ4v) is 3.21. The van der Waals surface area contributed by atoms with Gasteiger partial charge in [-0.2, -0.15) is 0 Å². The third-order valence-corrected chi connectivity index (χ3v) is 4.27. The Morgan fingerprint density at radius 2 is 2.33 bits per heavy atom. The summed E-state index contributed by atoms with van der Waals surface area (Å²) in [7, 11) is 3.95. The van der Waals surface area contributed by atoms with Gasteiger partial charge in [-0.05, 0) is 44.5 Å². The van der Waals surface area contributed by atoms with Gasteiger partial charge in [0.1, 0.15) is 11.3 Å². The lowest BCUT2D eigenvalue weighted by atomic mass is 10.0. The van der Waals surface area contributed by atoms with Gasteiger partial charge in [-0.3, -0.25) is 0 Å². The molecule has 21 heavy (non-hydrogen) atoms. The van der Waals surface area contributed by atoms with Crippen molar-refractivity contribution in [2.45, 2.75) is 25.8 Å². The number of pyridine rings is 1. The molecule has 1 atom stereocenters. The highest BCUT2D eigenvalue weighted by atomic mass is 16.5. The zero-order chi connectivity index (χ0) is 14.7. The third-order valence-electron chi connectivity index (χ3n) is 4.27. The summed E-state index contributed by atoms with van der Waals surface area (Å²) in [4.78, 5) is 11.7. The number of hydrogen-bond donors (Lipinski definition) is 0. The van der Waals surface area contributed by atoms with Crippen molar-refractivity contribution in [1.29, 1.82) is 0 Å². The van der Waals surface area contributed by atoms with Gasteiger partial charge in [0.05, 0.1) is 0 Å². The number of rotatable bonds is 6. The Bertz CT molecular complexity index is 595. The molecule has 0 spiro atoms. The zero-order valence-electron chi connectivity index (χ0n) is 13.0. The number of imidazole rings is 1. The lowest BCUT2D eigenvalue weighted by Gasteiger charge is -2.12. The van der Waals surface area contributed by atoms with E-state index in [4.69, 9.17) is 9.72 Å². The van der Waals surface area contributed by atoms with Crippen LogP contribution in [0.2, 0.25) is 0 Å². The van der Waals surface area contributed by atoms with Crippen molar-refractivity contribution in [3.8, 4) is 0 Å². The maximum Gasteiger partial charge on any atom is 0.159 e. The summed E-state index contributed by atoms with van der Waals surface area (Å²) in [6, 6.07) is 4.02. The van der Waals surface area contributed by atoms with Crippen molar-refractivity contribution in [2.75, 3.05) is 33.9 Å². The first-order valence-electron chi connectivity index (χ1n) is 7.75. The van der Waals surface area contributed by atoms with Gasteiger partial charge in [0, 0.05) is 39.4 Å². The molecule has 3 rings (SSSR count). The smallest absolute Gasteiger partial charge is 0.159 e. The van der Waals surface area contributed by atoms with Crippen molar-refractivity contribution in [1.82, 2.24) is 19.4 Å². The van der Waals surface area contributed by atoms with Gasteiger partial charge in [-0.1, -0.05) is 0 Å². The minimum Gasteiger partial charge on any atom is -0.385 e. The van der Waals surface area contributed by atoms with Crippen LogP contribution in [0.5, 0.6) is 0 Å². The van der Waals surface area contributed by atoms with E-state index >= 15 is 0 Å². The van der Waals surface area contributed by atoms with Crippen molar-refractivity contribution in [3.63, 3.8) is 0 Å². The molecule has 2 aromatic heterocycles. The van der Waals surface area contributed by atoms with Crippen LogP contribution in [0.1, 0.15) is 18.7 Å². The summed E-state index contributed by atoms with van der Waals surface area (Å²) in [6.45, 7) is 4.08. The molecule has 0 bridgehead atoms. The third kappa shape index (κ3) is 3.24. The highest BCUT2D eigenvalue weighted by molar-refractivity contribution is 5.71. The molecule has 1 aliphatic rings. The molecule has 114 valence electrons. The Labute approximate surface area is 125 Å². The standard InChI is InChI=1S/C16H24N4O/c1-19-9-6-13(12-19)11-15-18-14-5-3-7-17-16(14)20(15)8-4-10-21-2/h3,5,7,13H,4,6,8-12H2,1-2H3. The van der Waals surface area contributed by atoms with Gasteiger partial charge in [0.25, 0.3) is 0 Å². The molecule has 5 nitrogen and oxygen atoms in total. The quantitative estimate of drug-likeness (QED) is 0.762. The van der Waals surface area contributed by atoms with E-state index in [0.717, 1.165) is 37.2 Å². The Kier molecular flexibility index (Phi) is 4.51. The minimum absolute atomic E-state index is 0.716. The first-order valence-corrected chi connectivity index (χ1v) is 7.75. The molecule has 0 aliphatic carbocycles. The number of ether oxygens (including phenoxy) is 1. The Hall–Kier alpha value is -1.46.